The third kappa shape index (κ3) is 6.05. The van der Waals surface area contributed by atoms with Crippen LogP contribution in [0.3, 0.4) is 0 Å². The highest BCUT2D eigenvalue weighted by Crippen LogP contribution is 2.21. The molecule has 0 saturated carbocycles. The zero-order valence-electron chi connectivity index (χ0n) is 11.1. The maximum absolute atomic E-state index is 11.5. The first-order valence-electron chi connectivity index (χ1n) is 6.42. The molecular weight excluding hydrogens is 266 g/mol. The molecule has 1 unspecified atom stereocenters. The second-order valence-electron chi connectivity index (χ2n) is 4.14. The van der Waals surface area contributed by atoms with Crippen LogP contribution in [0.2, 0.25) is 5.02 Å². The summed E-state index contributed by atoms with van der Waals surface area (Å²) in [7, 11) is 0. The number of nitrogens with one attached hydrogen (secondary N) is 1. The minimum absolute atomic E-state index is 0.0918. The smallest absolute Gasteiger partial charge is 0.220 e. The van der Waals surface area contributed by atoms with Crippen LogP contribution in [0.1, 0.15) is 31.4 Å². The maximum Gasteiger partial charge on any atom is 0.220 e. The Labute approximate surface area is 118 Å². The lowest BCUT2D eigenvalue weighted by Crippen LogP contribution is -2.28. The predicted octanol–water partition coefficient (Wildman–Crippen LogP) is 2.31. The van der Waals surface area contributed by atoms with Crippen LogP contribution in [-0.2, 0) is 9.53 Å². The molecule has 0 fully saturated rings. The summed E-state index contributed by atoms with van der Waals surface area (Å²) in [6.45, 7) is 3.32. The van der Waals surface area contributed by atoms with Gasteiger partial charge in [0, 0.05) is 36.8 Å². The Bertz CT molecular complexity index is 398. The summed E-state index contributed by atoms with van der Waals surface area (Å²) < 4.78 is 5.15. The second kappa shape index (κ2) is 8.91. The lowest BCUT2D eigenvalue weighted by Gasteiger charge is -2.13. The first-order chi connectivity index (χ1) is 9.15. The van der Waals surface area contributed by atoms with E-state index in [0.29, 0.717) is 36.6 Å². The summed E-state index contributed by atoms with van der Waals surface area (Å²) in [5, 5.41) is 13.1. The lowest BCUT2D eigenvalue weighted by molar-refractivity contribution is -0.121. The Hall–Kier alpha value is -1.10. The van der Waals surface area contributed by atoms with Crippen LogP contribution in [-0.4, -0.2) is 30.8 Å². The molecule has 0 aliphatic carbocycles. The summed E-state index contributed by atoms with van der Waals surface area (Å²) in [4.78, 5) is 11.5. The second-order valence-corrected chi connectivity index (χ2v) is 4.55. The van der Waals surface area contributed by atoms with Gasteiger partial charge < -0.3 is 15.2 Å². The summed E-state index contributed by atoms with van der Waals surface area (Å²) >= 11 is 5.96. The van der Waals surface area contributed by atoms with Crippen molar-refractivity contribution in [3.63, 3.8) is 0 Å². The van der Waals surface area contributed by atoms with Crippen LogP contribution >= 0.6 is 11.6 Å². The largest absolute Gasteiger partial charge is 0.387 e. The molecule has 5 heteroatoms. The molecule has 0 radical (unpaired) electrons. The highest BCUT2D eigenvalue weighted by Gasteiger charge is 2.12. The van der Waals surface area contributed by atoms with E-state index < -0.39 is 6.10 Å². The van der Waals surface area contributed by atoms with Gasteiger partial charge in [0.2, 0.25) is 5.91 Å². The van der Waals surface area contributed by atoms with Crippen LogP contribution in [0, 0.1) is 0 Å². The molecule has 0 heterocycles. The maximum atomic E-state index is 11.5. The summed E-state index contributed by atoms with van der Waals surface area (Å²) in [6.07, 6.45) is 0.293. The standard InChI is InChI=1S/C14H20ClNO3/c1-2-19-9-5-8-14(18)16-10-13(17)11-6-3-4-7-12(11)15/h3-4,6-7,13,17H,2,5,8-10H2,1H3,(H,16,18). The summed E-state index contributed by atoms with van der Waals surface area (Å²) in [5.74, 6) is -0.0918. The van der Waals surface area contributed by atoms with Gasteiger partial charge in [0.25, 0.3) is 0 Å². The minimum atomic E-state index is -0.787. The van der Waals surface area contributed by atoms with Gasteiger partial charge in [-0.15, -0.1) is 0 Å². The van der Waals surface area contributed by atoms with Crippen molar-refractivity contribution in [3.05, 3.63) is 34.9 Å². The van der Waals surface area contributed by atoms with Crippen LogP contribution in [0.5, 0.6) is 0 Å². The molecular formula is C14H20ClNO3. The Kier molecular flexibility index (Phi) is 7.48. The predicted molar refractivity (Wildman–Crippen MR) is 75.1 cm³/mol. The zero-order valence-corrected chi connectivity index (χ0v) is 11.8. The van der Waals surface area contributed by atoms with E-state index in [1.54, 1.807) is 24.3 Å². The Morgan fingerprint density at radius 2 is 2.21 bits per heavy atom. The Morgan fingerprint density at radius 1 is 1.47 bits per heavy atom. The molecule has 19 heavy (non-hydrogen) atoms. The SMILES string of the molecule is CCOCCCC(=O)NCC(O)c1ccccc1Cl. The molecule has 4 nitrogen and oxygen atoms in total. The molecule has 0 bridgehead atoms. The molecule has 1 atom stereocenters. The molecule has 2 N–H and O–H groups in total. The van der Waals surface area contributed by atoms with Gasteiger partial charge in [0.15, 0.2) is 0 Å². The summed E-state index contributed by atoms with van der Waals surface area (Å²) in [5.41, 5.74) is 0.624. The zero-order chi connectivity index (χ0) is 14.1. The van der Waals surface area contributed by atoms with Gasteiger partial charge in [0.1, 0.15) is 0 Å². The Morgan fingerprint density at radius 3 is 2.89 bits per heavy atom. The lowest BCUT2D eigenvalue weighted by atomic mass is 10.1. The number of hydrogen-bond acceptors (Lipinski definition) is 3. The summed E-state index contributed by atoms with van der Waals surface area (Å²) in [6, 6.07) is 7.05. The van der Waals surface area contributed by atoms with Crippen molar-refractivity contribution in [2.24, 2.45) is 0 Å². The molecule has 0 aromatic heterocycles. The number of benzene rings is 1. The third-order valence-corrected chi connectivity index (χ3v) is 3.00. The number of rotatable bonds is 8. The molecule has 1 amide bonds. The molecule has 1 aromatic rings. The number of carbonyl (C=O) groups excluding carboxylic acids is 1. The highest BCUT2D eigenvalue weighted by molar-refractivity contribution is 6.31. The number of hydrogen-bond donors (Lipinski definition) is 2. The fraction of sp³-hybridized carbons (Fsp3) is 0.500. The fourth-order valence-corrected chi connectivity index (χ4v) is 1.89. The number of amides is 1. The van der Waals surface area contributed by atoms with Crippen molar-refractivity contribution in [3.8, 4) is 0 Å². The molecule has 0 saturated heterocycles. The van der Waals surface area contributed by atoms with Gasteiger partial charge in [0.05, 0.1) is 6.10 Å². The Balaban J connectivity index is 2.28. The van der Waals surface area contributed by atoms with E-state index in [1.807, 2.05) is 6.92 Å². The van der Waals surface area contributed by atoms with E-state index in [0.717, 1.165) is 0 Å². The highest BCUT2D eigenvalue weighted by atomic mass is 35.5. The minimum Gasteiger partial charge on any atom is -0.387 e. The molecule has 0 aliphatic heterocycles. The van der Waals surface area contributed by atoms with Gasteiger partial charge in [-0.3, -0.25) is 4.79 Å². The van der Waals surface area contributed by atoms with Crippen molar-refractivity contribution in [1.29, 1.82) is 0 Å². The van der Waals surface area contributed by atoms with Crippen molar-refractivity contribution in [2.45, 2.75) is 25.9 Å². The van der Waals surface area contributed by atoms with Crippen LogP contribution < -0.4 is 5.32 Å². The van der Waals surface area contributed by atoms with E-state index in [-0.39, 0.29) is 12.5 Å². The van der Waals surface area contributed by atoms with Crippen LogP contribution in [0.25, 0.3) is 0 Å². The first kappa shape index (κ1) is 16.0. The van der Waals surface area contributed by atoms with Crippen molar-refractivity contribution >= 4 is 17.5 Å². The van der Waals surface area contributed by atoms with Gasteiger partial charge in [-0.1, -0.05) is 29.8 Å². The van der Waals surface area contributed by atoms with Gasteiger partial charge in [-0.05, 0) is 19.4 Å². The monoisotopic (exact) mass is 285 g/mol. The number of halogens is 1. The van der Waals surface area contributed by atoms with E-state index in [4.69, 9.17) is 16.3 Å². The van der Waals surface area contributed by atoms with Gasteiger partial charge in [-0.2, -0.15) is 0 Å². The molecule has 106 valence electrons. The quantitative estimate of drug-likeness (QED) is 0.721. The number of carbonyl (C=O) groups is 1. The molecule has 1 rings (SSSR count). The van der Waals surface area contributed by atoms with Crippen molar-refractivity contribution in [2.75, 3.05) is 19.8 Å². The van der Waals surface area contributed by atoms with E-state index in [9.17, 15) is 9.90 Å². The molecule has 0 aliphatic rings. The van der Waals surface area contributed by atoms with Crippen LogP contribution in [0.15, 0.2) is 24.3 Å². The number of ether oxygens (including phenoxy) is 1. The first-order valence-corrected chi connectivity index (χ1v) is 6.80. The van der Waals surface area contributed by atoms with Gasteiger partial charge in [-0.25, -0.2) is 0 Å². The average molecular weight is 286 g/mol. The van der Waals surface area contributed by atoms with E-state index in [1.165, 1.54) is 0 Å². The molecule has 1 aromatic carbocycles. The van der Waals surface area contributed by atoms with Crippen molar-refractivity contribution in [1.82, 2.24) is 5.32 Å². The van der Waals surface area contributed by atoms with Crippen molar-refractivity contribution < 1.29 is 14.6 Å². The van der Waals surface area contributed by atoms with Gasteiger partial charge >= 0.3 is 0 Å². The van der Waals surface area contributed by atoms with E-state index >= 15 is 0 Å². The molecule has 0 spiro atoms. The average Bonchev–Trinajstić information content (AvgIpc) is 2.41. The van der Waals surface area contributed by atoms with E-state index in [2.05, 4.69) is 5.32 Å². The van der Waals surface area contributed by atoms with Crippen LogP contribution in [0.4, 0.5) is 0 Å². The fourth-order valence-electron chi connectivity index (χ4n) is 1.63. The topological polar surface area (TPSA) is 58.6 Å². The number of aliphatic hydroxyl groups is 1. The third-order valence-electron chi connectivity index (χ3n) is 2.65. The normalized spacial score (nSPS) is 12.2. The number of aliphatic hydroxyl groups excluding tert-OH is 1.